The molecule has 114 valence electrons. The third-order valence-electron chi connectivity index (χ3n) is 3.82. The van der Waals surface area contributed by atoms with Crippen LogP contribution in [-0.2, 0) is 9.59 Å². The lowest BCUT2D eigenvalue weighted by molar-refractivity contribution is -0.142. The molecule has 1 saturated heterocycles. The molecule has 1 atom stereocenters. The Bertz CT molecular complexity index is 494. The summed E-state index contributed by atoms with van der Waals surface area (Å²) in [4.78, 5) is 27.9. The van der Waals surface area contributed by atoms with Gasteiger partial charge < -0.3 is 15.5 Å². The van der Waals surface area contributed by atoms with Crippen molar-refractivity contribution in [2.24, 2.45) is 11.7 Å². The van der Waals surface area contributed by atoms with Crippen LogP contribution in [0.4, 0.5) is 0 Å². The minimum Gasteiger partial charge on any atom is -0.339 e. The van der Waals surface area contributed by atoms with E-state index in [-0.39, 0.29) is 17.7 Å². The van der Waals surface area contributed by atoms with E-state index in [0.717, 1.165) is 5.56 Å². The van der Waals surface area contributed by atoms with Crippen LogP contribution in [0.5, 0.6) is 0 Å². The van der Waals surface area contributed by atoms with E-state index < -0.39 is 6.04 Å². The molecule has 1 heterocycles. The normalized spacial score (nSPS) is 17.0. The molecule has 0 aliphatic carbocycles. The molecule has 0 unspecified atom stereocenters. The summed E-state index contributed by atoms with van der Waals surface area (Å²) in [5.41, 5.74) is 6.86. The van der Waals surface area contributed by atoms with Crippen LogP contribution in [-0.4, -0.2) is 47.8 Å². The first-order valence-electron chi connectivity index (χ1n) is 7.39. The topological polar surface area (TPSA) is 66.6 Å². The third-order valence-corrected chi connectivity index (χ3v) is 3.82. The second kappa shape index (κ2) is 6.72. The van der Waals surface area contributed by atoms with Crippen LogP contribution in [0.3, 0.4) is 0 Å². The summed E-state index contributed by atoms with van der Waals surface area (Å²) in [7, 11) is 0. The summed E-state index contributed by atoms with van der Waals surface area (Å²) >= 11 is 0. The van der Waals surface area contributed by atoms with Crippen LogP contribution in [0.2, 0.25) is 0 Å². The van der Waals surface area contributed by atoms with Gasteiger partial charge in [-0.15, -0.1) is 0 Å². The van der Waals surface area contributed by atoms with E-state index in [4.69, 9.17) is 5.73 Å². The summed E-state index contributed by atoms with van der Waals surface area (Å²) in [6, 6.07) is 8.75. The van der Waals surface area contributed by atoms with Gasteiger partial charge in [0.25, 0.3) is 0 Å². The molecule has 2 N–H and O–H groups in total. The fourth-order valence-corrected chi connectivity index (χ4v) is 2.51. The molecular formula is C16H23N3O2. The second-order valence-corrected chi connectivity index (χ2v) is 5.69. The van der Waals surface area contributed by atoms with E-state index in [1.807, 2.05) is 49.1 Å². The molecule has 0 aromatic heterocycles. The van der Waals surface area contributed by atoms with Crippen molar-refractivity contribution in [2.45, 2.75) is 19.9 Å². The van der Waals surface area contributed by atoms with Crippen molar-refractivity contribution in [1.29, 1.82) is 0 Å². The molecule has 1 aromatic rings. The zero-order chi connectivity index (χ0) is 15.4. The summed E-state index contributed by atoms with van der Waals surface area (Å²) in [6.45, 7) is 6.07. The van der Waals surface area contributed by atoms with Crippen molar-refractivity contribution in [3.8, 4) is 0 Å². The molecule has 1 aromatic carbocycles. The lowest BCUT2D eigenvalue weighted by Gasteiger charge is -2.36. The number of benzene rings is 1. The number of rotatable bonds is 3. The van der Waals surface area contributed by atoms with Crippen molar-refractivity contribution >= 4 is 11.8 Å². The number of carbonyl (C=O) groups excluding carboxylic acids is 2. The first-order valence-corrected chi connectivity index (χ1v) is 7.39. The highest BCUT2D eigenvalue weighted by atomic mass is 16.2. The smallest absolute Gasteiger partial charge is 0.244 e. The molecule has 0 saturated carbocycles. The van der Waals surface area contributed by atoms with Crippen LogP contribution in [0.1, 0.15) is 25.5 Å². The van der Waals surface area contributed by atoms with Crippen LogP contribution < -0.4 is 5.73 Å². The Labute approximate surface area is 125 Å². The first-order chi connectivity index (χ1) is 10.0. The number of nitrogens with two attached hydrogens (primary N) is 1. The van der Waals surface area contributed by atoms with Gasteiger partial charge in [0.2, 0.25) is 11.8 Å². The van der Waals surface area contributed by atoms with Crippen LogP contribution >= 0.6 is 0 Å². The molecule has 0 bridgehead atoms. The van der Waals surface area contributed by atoms with E-state index >= 15 is 0 Å². The highest BCUT2D eigenvalue weighted by Gasteiger charge is 2.28. The Kier molecular flexibility index (Phi) is 4.96. The summed E-state index contributed by atoms with van der Waals surface area (Å²) < 4.78 is 0. The van der Waals surface area contributed by atoms with Crippen molar-refractivity contribution in [3.05, 3.63) is 35.9 Å². The van der Waals surface area contributed by atoms with Gasteiger partial charge in [-0.25, -0.2) is 0 Å². The predicted octanol–water partition coefficient (Wildman–Crippen LogP) is 1.01. The Morgan fingerprint density at radius 1 is 0.952 bits per heavy atom. The molecule has 5 heteroatoms. The maximum atomic E-state index is 12.4. The molecule has 1 fully saturated rings. The van der Waals surface area contributed by atoms with Gasteiger partial charge >= 0.3 is 0 Å². The van der Waals surface area contributed by atoms with Crippen LogP contribution in [0, 0.1) is 5.92 Å². The van der Waals surface area contributed by atoms with Gasteiger partial charge in [0.1, 0.15) is 6.04 Å². The van der Waals surface area contributed by atoms with Crippen LogP contribution in [0.25, 0.3) is 0 Å². The van der Waals surface area contributed by atoms with E-state index in [9.17, 15) is 9.59 Å². The maximum Gasteiger partial charge on any atom is 0.244 e. The van der Waals surface area contributed by atoms with Crippen LogP contribution in [0.15, 0.2) is 30.3 Å². The fraction of sp³-hybridized carbons (Fsp3) is 0.500. The number of hydrogen-bond donors (Lipinski definition) is 1. The third kappa shape index (κ3) is 3.61. The number of hydrogen-bond acceptors (Lipinski definition) is 3. The molecule has 2 rings (SSSR count). The lowest BCUT2D eigenvalue weighted by atomic mass is 10.1. The lowest BCUT2D eigenvalue weighted by Crippen LogP contribution is -2.53. The van der Waals surface area contributed by atoms with Crippen molar-refractivity contribution in [2.75, 3.05) is 26.2 Å². The Morgan fingerprint density at radius 2 is 1.43 bits per heavy atom. The molecule has 1 aliphatic heterocycles. The summed E-state index contributed by atoms with van der Waals surface area (Å²) in [5, 5.41) is 0. The maximum absolute atomic E-state index is 12.4. The molecule has 0 radical (unpaired) electrons. The molecule has 21 heavy (non-hydrogen) atoms. The molecular weight excluding hydrogens is 266 g/mol. The molecule has 1 aliphatic rings. The van der Waals surface area contributed by atoms with E-state index in [1.54, 1.807) is 4.90 Å². The quantitative estimate of drug-likeness (QED) is 0.903. The average molecular weight is 289 g/mol. The Hall–Kier alpha value is -1.88. The molecule has 2 amide bonds. The SMILES string of the molecule is CC(C)C(=O)N1CCN(C(=O)[C@H](N)c2ccccc2)CC1. The van der Waals surface area contributed by atoms with Gasteiger partial charge in [-0.05, 0) is 5.56 Å². The standard InChI is InChI=1S/C16H23N3O2/c1-12(2)15(20)18-8-10-19(11-9-18)16(21)14(17)13-6-4-3-5-7-13/h3-7,12,14H,8-11,17H2,1-2H3/t14-/m1/s1. The van der Waals surface area contributed by atoms with Crippen molar-refractivity contribution < 1.29 is 9.59 Å². The van der Waals surface area contributed by atoms with E-state index in [1.165, 1.54) is 0 Å². The van der Waals surface area contributed by atoms with Gasteiger partial charge in [0.05, 0.1) is 0 Å². The monoisotopic (exact) mass is 289 g/mol. The van der Waals surface area contributed by atoms with Gasteiger partial charge in [-0.1, -0.05) is 44.2 Å². The average Bonchev–Trinajstić information content (AvgIpc) is 2.53. The van der Waals surface area contributed by atoms with Gasteiger partial charge in [0.15, 0.2) is 0 Å². The zero-order valence-electron chi connectivity index (χ0n) is 12.7. The fourth-order valence-electron chi connectivity index (χ4n) is 2.51. The van der Waals surface area contributed by atoms with Crippen molar-refractivity contribution in [3.63, 3.8) is 0 Å². The second-order valence-electron chi connectivity index (χ2n) is 5.69. The predicted molar refractivity (Wildman–Crippen MR) is 81.4 cm³/mol. The summed E-state index contributed by atoms with van der Waals surface area (Å²) in [6.07, 6.45) is 0. The Balaban J connectivity index is 1.93. The highest BCUT2D eigenvalue weighted by molar-refractivity contribution is 5.83. The highest BCUT2D eigenvalue weighted by Crippen LogP contribution is 2.15. The summed E-state index contributed by atoms with van der Waals surface area (Å²) in [5.74, 6) is 0.0751. The zero-order valence-corrected chi connectivity index (χ0v) is 12.7. The van der Waals surface area contributed by atoms with Crippen molar-refractivity contribution in [1.82, 2.24) is 9.80 Å². The van der Waals surface area contributed by atoms with Gasteiger partial charge in [0, 0.05) is 32.1 Å². The number of amides is 2. The number of piperazine rings is 1. The van der Waals surface area contributed by atoms with E-state index in [2.05, 4.69) is 0 Å². The molecule has 5 nitrogen and oxygen atoms in total. The first kappa shape index (κ1) is 15.5. The van der Waals surface area contributed by atoms with Gasteiger partial charge in [-0.3, -0.25) is 9.59 Å². The van der Waals surface area contributed by atoms with Gasteiger partial charge in [-0.2, -0.15) is 0 Å². The largest absolute Gasteiger partial charge is 0.339 e. The Morgan fingerprint density at radius 3 is 1.90 bits per heavy atom. The minimum absolute atomic E-state index is 0.00109. The minimum atomic E-state index is -0.626. The molecule has 0 spiro atoms. The van der Waals surface area contributed by atoms with E-state index in [0.29, 0.717) is 26.2 Å². The number of carbonyl (C=O) groups is 2. The number of nitrogens with zero attached hydrogens (tertiary/aromatic N) is 2.